The lowest BCUT2D eigenvalue weighted by atomic mass is 10.7. The second-order valence-corrected chi connectivity index (χ2v) is 1.93. The van der Waals surface area contributed by atoms with Crippen molar-refractivity contribution in [2.24, 2.45) is 0 Å². The predicted molar refractivity (Wildman–Crippen MR) is 34.5 cm³/mol. The predicted octanol–water partition coefficient (Wildman–Crippen LogP) is -1.06. The zero-order valence-corrected chi connectivity index (χ0v) is 5.54. The fourth-order valence-electron chi connectivity index (χ4n) is 0.587. The van der Waals surface area contributed by atoms with Crippen molar-refractivity contribution in [1.29, 1.82) is 0 Å². The van der Waals surface area contributed by atoms with Gasteiger partial charge in [0.15, 0.2) is 12.4 Å². The third kappa shape index (κ3) is 0.929. The normalized spacial score (nSPS) is 9.89. The van der Waals surface area contributed by atoms with E-state index in [9.17, 15) is 0 Å². The fourth-order valence-corrected chi connectivity index (χ4v) is 0.863. The van der Waals surface area contributed by atoms with Gasteiger partial charge in [-0.2, -0.15) is 0 Å². The van der Waals surface area contributed by atoms with Crippen LogP contribution in [-0.4, -0.2) is 4.68 Å². The van der Waals surface area contributed by atoms with Gasteiger partial charge in [-0.25, -0.2) is 0 Å². The number of imidazole rings is 1. The highest BCUT2D eigenvalue weighted by Gasteiger charge is 2.09. The summed E-state index contributed by atoms with van der Waals surface area (Å²) in [4.78, 5) is 0. The number of nitrogen functional groups attached to an aromatic ring is 2. The minimum absolute atomic E-state index is 0.319. The molecule has 0 atom stereocenters. The van der Waals surface area contributed by atoms with Crippen molar-refractivity contribution in [2.45, 2.75) is 5.88 Å². The van der Waals surface area contributed by atoms with E-state index in [1.54, 1.807) is 12.4 Å². The van der Waals surface area contributed by atoms with Gasteiger partial charge in [-0.3, -0.25) is 11.7 Å². The molecule has 0 saturated carbocycles. The molecule has 0 spiro atoms. The van der Waals surface area contributed by atoms with Crippen LogP contribution in [0.15, 0.2) is 12.4 Å². The first-order chi connectivity index (χ1) is 4.25. The van der Waals surface area contributed by atoms with Crippen molar-refractivity contribution >= 4 is 11.6 Å². The highest BCUT2D eigenvalue weighted by Crippen LogP contribution is 1.91. The lowest BCUT2D eigenvalue weighted by Crippen LogP contribution is -2.47. The van der Waals surface area contributed by atoms with Crippen molar-refractivity contribution in [2.75, 3.05) is 11.7 Å². The summed E-state index contributed by atoms with van der Waals surface area (Å²) >= 11 is 5.48. The van der Waals surface area contributed by atoms with Crippen LogP contribution >= 0.6 is 11.6 Å². The number of nitrogens with two attached hydrogens (primary N) is 2. The maximum absolute atomic E-state index is 5.48. The first kappa shape index (κ1) is 6.22. The number of rotatable bonds is 1. The van der Waals surface area contributed by atoms with Crippen molar-refractivity contribution in [3.8, 4) is 0 Å². The van der Waals surface area contributed by atoms with Gasteiger partial charge in [0, 0.05) is 0 Å². The number of alkyl halides is 1. The quantitative estimate of drug-likeness (QED) is 0.302. The Morgan fingerprint density at radius 2 is 2.44 bits per heavy atom. The number of halogens is 1. The molecule has 9 heavy (non-hydrogen) atoms. The Bertz CT molecular complexity index is 187. The molecular formula is C4H8ClN4+. The first-order valence-corrected chi connectivity index (χ1v) is 2.97. The summed E-state index contributed by atoms with van der Waals surface area (Å²) in [5.74, 6) is 11.8. The highest BCUT2D eigenvalue weighted by molar-refractivity contribution is 6.16. The van der Waals surface area contributed by atoms with E-state index < -0.39 is 0 Å². The highest BCUT2D eigenvalue weighted by atomic mass is 35.5. The Kier molecular flexibility index (Phi) is 1.48. The Hall–Kier alpha value is -0.900. The van der Waals surface area contributed by atoms with Gasteiger partial charge in [-0.1, -0.05) is 0 Å². The average Bonchev–Trinajstić information content (AvgIpc) is 2.12. The van der Waals surface area contributed by atoms with Gasteiger partial charge < -0.3 is 0 Å². The zero-order chi connectivity index (χ0) is 6.85. The summed E-state index contributed by atoms with van der Waals surface area (Å²) in [7, 11) is 0. The molecule has 0 unspecified atom stereocenters. The third-order valence-corrected chi connectivity index (χ3v) is 1.34. The molecule has 0 amide bonds. The van der Waals surface area contributed by atoms with Gasteiger partial charge >= 0.3 is 5.82 Å². The summed E-state index contributed by atoms with van der Waals surface area (Å²) in [5.41, 5.74) is 0. The van der Waals surface area contributed by atoms with Crippen molar-refractivity contribution in [3.63, 3.8) is 0 Å². The van der Waals surface area contributed by atoms with Crippen LogP contribution < -0.4 is 16.4 Å². The summed E-state index contributed by atoms with van der Waals surface area (Å²) in [6, 6.07) is 0. The van der Waals surface area contributed by atoms with E-state index in [1.165, 1.54) is 9.35 Å². The molecule has 0 saturated heterocycles. The molecule has 5 heteroatoms. The molecule has 0 aliphatic rings. The summed E-state index contributed by atoms with van der Waals surface area (Å²) in [6.07, 6.45) is 3.27. The zero-order valence-electron chi connectivity index (χ0n) is 4.79. The van der Waals surface area contributed by atoms with Crippen LogP contribution in [0.4, 0.5) is 0 Å². The van der Waals surface area contributed by atoms with E-state index in [-0.39, 0.29) is 0 Å². The Morgan fingerprint density at radius 3 is 2.67 bits per heavy atom. The van der Waals surface area contributed by atoms with Crippen LogP contribution in [0.25, 0.3) is 0 Å². The number of hydrogen-bond donors (Lipinski definition) is 2. The molecule has 0 aliphatic heterocycles. The van der Waals surface area contributed by atoms with Gasteiger partial charge in [0.1, 0.15) is 5.88 Å². The number of aromatic nitrogens is 2. The molecule has 0 radical (unpaired) electrons. The molecule has 4 N–H and O–H groups in total. The topological polar surface area (TPSA) is 60.8 Å². The lowest BCUT2D eigenvalue weighted by Gasteiger charge is -1.88. The first-order valence-electron chi connectivity index (χ1n) is 2.43. The second kappa shape index (κ2) is 2.14. The Labute approximate surface area is 57.6 Å². The van der Waals surface area contributed by atoms with Crippen molar-refractivity contribution in [1.82, 2.24) is 4.68 Å². The van der Waals surface area contributed by atoms with E-state index in [4.69, 9.17) is 23.3 Å². The van der Waals surface area contributed by atoms with Crippen LogP contribution in [0.5, 0.6) is 0 Å². The molecule has 50 valence electrons. The van der Waals surface area contributed by atoms with Crippen LogP contribution in [-0.2, 0) is 5.88 Å². The van der Waals surface area contributed by atoms with Crippen molar-refractivity contribution in [3.05, 3.63) is 18.2 Å². The van der Waals surface area contributed by atoms with E-state index in [0.29, 0.717) is 11.7 Å². The number of nitrogens with zero attached hydrogens (tertiary/aromatic N) is 2. The van der Waals surface area contributed by atoms with E-state index >= 15 is 0 Å². The van der Waals surface area contributed by atoms with Crippen LogP contribution in [0.1, 0.15) is 5.82 Å². The van der Waals surface area contributed by atoms with E-state index in [2.05, 4.69) is 0 Å². The largest absolute Gasteiger partial charge is 0.317 e. The van der Waals surface area contributed by atoms with E-state index in [0.717, 1.165) is 0 Å². The second-order valence-electron chi connectivity index (χ2n) is 1.66. The molecule has 1 aromatic heterocycles. The molecule has 0 bridgehead atoms. The smallest absolute Gasteiger partial charge is 0.269 e. The average molecular weight is 148 g/mol. The van der Waals surface area contributed by atoms with Crippen LogP contribution in [0, 0.1) is 0 Å². The van der Waals surface area contributed by atoms with Gasteiger partial charge in [0.05, 0.1) is 0 Å². The fraction of sp³-hybridized carbons (Fsp3) is 0.250. The van der Waals surface area contributed by atoms with Gasteiger partial charge in [0.2, 0.25) is 0 Å². The minimum Gasteiger partial charge on any atom is -0.269 e. The van der Waals surface area contributed by atoms with Gasteiger partial charge in [-0.05, 0) is 0 Å². The molecule has 0 aromatic carbocycles. The molecule has 0 fully saturated rings. The lowest BCUT2D eigenvalue weighted by molar-refractivity contribution is -0.645. The summed E-state index contributed by atoms with van der Waals surface area (Å²) in [5, 5.41) is 0. The van der Waals surface area contributed by atoms with Crippen LogP contribution in [0.2, 0.25) is 0 Å². The molecule has 1 rings (SSSR count). The standard InChI is InChI=1S/C4H8ClN4/c5-3-4-8(6)1-2-9(4)7/h1-2H,3,6-7H2/q+1. The summed E-state index contributed by atoms with van der Waals surface area (Å²) in [6.45, 7) is 0. The molecule has 1 heterocycles. The summed E-state index contributed by atoms with van der Waals surface area (Å²) < 4.78 is 2.76. The van der Waals surface area contributed by atoms with Gasteiger partial charge in [-0.15, -0.1) is 21.0 Å². The Morgan fingerprint density at radius 1 is 1.78 bits per heavy atom. The maximum atomic E-state index is 5.48. The van der Waals surface area contributed by atoms with Crippen molar-refractivity contribution < 1.29 is 4.68 Å². The Balaban J connectivity index is 3.07. The van der Waals surface area contributed by atoms with Crippen LogP contribution in [0.3, 0.4) is 0 Å². The SMILES string of the molecule is Nn1cc[n+](N)c1CCl. The van der Waals surface area contributed by atoms with Gasteiger partial charge in [0.25, 0.3) is 0 Å². The number of hydrogen-bond acceptors (Lipinski definition) is 2. The maximum Gasteiger partial charge on any atom is 0.317 e. The molecule has 4 nitrogen and oxygen atoms in total. The third-order valence-electron chi connectivity index (χ3n) is 1.10. The van der Waals surface area contributed by atoms with E-state index in [1.807, 2.05) is 0 Å². The minimum atomic E-state index is 0.319. The molecule has 0 aliphatic carbocycles. The monoisotopic (exact) mass is 147 g/mol. The molecule has 1 aromatic rings. The molecular weight excluding hydrogens is 140 g/mol.